The van der Waals surface area contributed by atoms with E-state index in [1.54, 1.807) is 18.2 Å². The summed E-state index contributed by atoms with van der Waals surface area (Å²) in [5, 5.41) is 1.16. The first-order valence-electron chi connectivity index (χ1n) is 5.70. The zero-order valence-electron chi connectivity index (χ0n) is 10.2. The molecule has 0 saturated carbocycles. The Morgan fingerprint density at radius 3 is 2.58 bits per heavy atom. The summed E-state index contributed by atoms with van der Waals surface area (Å²) >= 11 is 15.4. The van der Waals surface area contributed by atoms with E-state index < -0.39 is 0 Å². The van der Waals surface area contributed by atoms with Crippen molar-refractivity contribution < 1.29 is 4.79 Å². The van der Waals surface area contributed by atoms with Gasteiger partial charge in [0.1, 0.15) is 0 Å². The summed E-state index contributed by atoms with van der Waals surface area (Å²) in [6.07, 6.45) is 0.262. The van der Waals surface area contributed by atoms with Gasteiger partial charge in [0.05, 0.1) is 0 Å². The van der Waals surface area contributed by atoms with Gasteiger partial charge in [0, 0.05) is 26.5 Å². The highest BCUT2D eigenvalue weighted by atomic mass is 79.9. The van der Waals surface area contributed by atoms with Gasteiger partial charge >= 0.3 is 0 Å². The fraction of sp³-hybridized carbons (Fsp3) is 0.133. The predicted octanol–water partition coefficient (Wildman–Crippen LogP) is 5.49. The van der Waals surface area contributed by atoms with Crippen LogP contribution in [0, 0.1) is 6.92 Å². The van der Waals surface area contributed by atoms with Crippen molar-refractivity contribution in [3.8, 4) is 0 Å². The molecule has 1 nitrogen and oxygen atoms in total. The molecule has 2 aromatic carbocycles. The van der Waals surface area contributed by atoms with E-state index in [2.05, 4.69) is 15.9 Å². The van der Waals surface area contributed by atoms with Crippen LogP contribution in [0.5, 0.6) is 0 Å². The lowest BCUT2D eigenvalue weighted by Crippen LogP contribution is -2.05. The van der Waals surface area contributed by atoms with E-state index in [9.17, 15) is 4.79 Å². The average Bonchev–Trinajstić information content (AvgIpc) is 2.35. The van der Waals surface area contributed by atoms with Crippen LogP contribution in [0.15, 0.2) is 40.9 Å². The monoisotopic (exact) mass is 356 g/mol. The molecular weight excluding hydrogens is 347 g/mol. The molecule has 0 aliphatic rings. The van der Waals surface area contributed by atoms with Gasteiger partial charge in [0.2, 0.25) is 0 Å². The van der Waals surface area contributed by atoms with Crippen molar-refractivity contribution in [1.29, 1.82) is 0 Å². The molecule has 2 rings (SSSR count). The molecule has 0 bridgehead atoms. The van der Waals surface area contributed by atoms with Crippen molar-refractivity contribution in [2.75, 3.05) is 0 Å². The minimum atomic E-state index is -0.0138. The van der Waals surface area contributed by atoms with Gasteiger partial charge in [-0.1, -0.05) is 51.3 Å². The molecular formula is C15H11BrCl2O. The number of rotatable bonds is 3. The van der Waals surface area contributed by atoms with E-state index in [-0.39, 0.29) is 12.2 Å². The summed E-state index contributed by atoms with van der Waals surface area (Å²) in [6, 6.07) is 10.9. The Morgan fingerprint density at radius 1 is 1.16 bits per heavy atom. The van der Waals surface area contributed by atoms with Crippen molar-refractivity contribution in [3.05, 3.63) is 67.6 Å². The molecule has 98 valence electrons. The summed E-state index contributed by atoms with van der Waals surface area (Å²) < 4.78 is 0.741. The van der Waals surface area contributed by atoms with Crippen LogP contribution >= 0.6 is 39.1 Å². The highest BCUT2D eigenvalue weighted by molar-refractivity contribution is 9.10. The van der Waals surface area contributed by atoms with Gasteiger partial charge in [-0.3, -0.25) is 4.79 Å². The summed E-state index contributed by atoms with van der Waals surface area (Å²) in [4.78, 5) is 12.3. The van der Waals surface area contributed by atoms with Gasteiger partial charge in [-0.15, -0.1) is 0 Å². The third-order valence-corrected chi connectivity index (χ3v) is 4.07. The summed E-state index contributed by atoms with van der Waals surface area (Å²) in [7, 11) is 0. The Kier molecular flexibility index (Phi) is 4.67. The normalized spacial score (nSPS) is 10.5. The third kappa shape index (κ3) is 3.59. The van der Waals surface area contributed by atoms with Crippen LogP contribution in [0.2, 0.25) is 10.0 Å². The van der Waals surface area contributed by atoms with Crippen molar-refractivity contribution in [3.63, 3.8) is 0 Å². The number of Topliss-reactive ketones (excluding diaryl/α,β-unsaturated/α-hetero) is 1. The molecule has 0 fully saturated rings. The fourth-order valence-corrected chi connectivity index (χ4v) is 2.72. The molecule has 19 heavy (non-hydrogen) atoms. The lowest BCUT2D eigenvalue weighted by atomic mass is 10.0. The summed E-state index contributed by atoms with van der Waals surface area (Å²) in [6.45, 7) is 1.96. The fourth-order valence-electron chi connectivity index (χ4n) is 1.78. The first kappa shape index (κ1) is 14.6. The third-order valence-electron chi connectivity index (χ3n) is 2.79. The maximum atomic E-state index is 12.3. The first-order valence-corrected chi connectivity index (χ1v) is 7.25. The first-order chi connectivity index (χ1) is 8.97. The second-order valence-corrected chi connectivity index (χ2v) is 6.02. The smallest absolute Gasteiger partial charge is 0.168 e. The number of carbonyl (C=O) groups is 1. The van der Waals surface area contributed by atoms with Crippen LogP contribution in [0.25, 0.3) is 0 Å². The second-order valence-electron chi connectivity index (χ2n) is 4.32. The number of ketones is 1. The van der Waals surface area contributed by atoms with E-state index in [0.717, 1.165) is 15.6 Å². The number of carbonyl (C=O) groups excluding carboxylic acids is 1. The lowest BCUT2D eigenvalue weighted by molar-refractivity contribution is 0.0992. The number of hydrogen-bond donors (Lipinski definition) is 0. The zero-order chi connectivity index (χ0) is 14.0. The second kappa shape index (κ2) is 6.08. The van der Waals surface area contributed by atoms with Crippen LogP contribution in [-0.2, 0) is 6.42 Å². The Morgan fingerprint density at radius 2 is 1.89 bits per heavy atom. The molecule has 0 aliphatic heterocycles. The topological polar surface area (TPSA) is 17.1 Å². The van der Waals surface area contributed by atoms with Crippen LogP contribution in [-0.4, -0.2) is 5.78 Å². The van der Waals surface area contributed by atoms with E-state index in [0.29, 0.717) is 15.6 Å². The van der Waals surface area contributed by atoms with E-state index in [4.69, 9.17) is 23.2 Å². The maximum Gasteiger partial charge on any atom is 0.168 e. The molecule has 0 atom stereocenters. The quantitative estimate of drug-likeness (QED) is 0.664. The molecule has 0 saturated heterocycles. The Balaban J connectivity index is 2.28. The molecule has 4 heteroatoms. The molecule has 0 N–H and O–H groups in total. The van der Waals surface area contributed by atoms with E-state index in [1.165, 1.54) is 0 Å². The van der Waals surface area contributed by atoms with Crippen LogP contribution < -0.4 is 0 Å². The zero-order valence-corrected chi connectivity index (χ0v) is 13.3. The van der Waals surface area contributed by atoms with Crippen molar-refractivity contribution in [2.45, 2.75) is 13.3 Å². The Bertz CT molecular complexity index is 638. The summed E-state index contributed by atoms with van der Waals surface area (Å²) in [5.74, 6) is -0.0138. The highest BCUT2D eigenvalue weighted by Crippen LogP contribution is 2.25. The molecule has 0 aromatic heterocycles. The largest absolute Gasteiger partial charge is 0.294 e. The minimum absolute atomic E-state index is 0.0138. The Labute approximate surface area is 130 Å². The molecule has 2 aromatic rings. The number of hydrogen-bond acceptors (Lipinski definition) is 1. The molecule has 0 radical (unpaired) electrons. The molecule has 0 spiro atoms. The van der Waals surface area contributed by atoms with E-state index in [1.807, 2.05) is 25.1 Å². The van der Waals surface area contributed by atoms with Crippen LogP contribution in [0.1, 0.15) is 21.5 Å². The standard InChI is InChI=1S/C15H11BrCl2O/c1-9-2-3-10(14(18)6-9)7-15(19)12-8-11(17)4-5-13(12)16/h2-6,8H,7H2,1H3. The number of halogens is 3. The van der Waals surface area contributed by atoms with Crippen molar-refractivity contribution >= 4 is 44.9 Å². The maximum absolute atomic E-state index is 12.3. The number of aryl methyl sites for hydroxylation is 1. The minimum Gasteiger partial charge on any atom is -0.294 e. The summed E-state index contributed by atoms with van der Waals surface area (Å²) in [5.41, 5.74) is 2.47. The van der Waals surface area contributed by atoms with Gasteiger partial charge in [0.15, 0.2) is 5.78 Å². The predicted molar refractivity (Wildman–Crippen MR) is 83.4 cm³/mol. The van der Waals surface area contributed by atoms with Gasteiger partial charge in [-0.05, 0) is 42.3 Å². The van der Waals surface area contributed by atoms with Crippen LogP contribution in [0.4, 0.5) is 0 Å². The molecule has 0 heterocycles. The van der Waals surface area contributed by atoms with Gasteiger partial charge < -0.3 is 0 Å². The molecule has 0 unspecified atom stereocenters. The number of benzene rings is 2. The van der Waals surface area contributed by atoms with Gasteiger partial charge in [0.25, 0.3) is 0 Å². The highest BCUT2D eigenvalue weighted by Gasteiger charge is 2.13. The average molecular weight is 358 g/mol. The molecule has 0 aliphatic carbocycles. The van der Waals surface area contributed by atoms with Crippen molar-refractivity contribution in [1.82, 2.24) is 0 Å². The SMILES string of the molecule is Cc1ccc(CC(=O)c2cc(Cl)ccc2Br)c(Cl)c1. The lowest BCUT2D eigenvalue weighted by Gasteiger charge is -2.07. The van der Waals surface area contributed by atoms with Gasteiger partial charge in [-0.25, -0.2) is 0 Å². The van der Waals surface area contributed by atoms with Crippen LogP contribution in [0.3, 0.4) is 0 Å². The van der Waals surface area contributed by atoms with E-state index >= 15 is 0 Å². The van der Waals surface area contributed by atoms with Crippen molar-refractivity contribution in [2.24, 2.45) is 0 Å². The Hall–Kier alpha value is -0.830. The van der Waals surface area contributed by atoms with Gasteiger partial charge in [-0.2, -0.15) is 0 Å². The molecule has 0 amide bonds.